The molecule has 2 heteroatoms. The highest BCUT2D eigenvalue weighted by Crippen LogP contribution is 2.26. The maximum atomic E-state index is 9.77. The van der Waals surface area contributed by atoms with Crippen LogP contribution >= 0.6 is 0 Å². The van der Waals surface area contributed by atoms with E-state index in [0.29, 0.717) is 5.75 Å². The molecular formula is C15H17NO. The minimum Gasteiger partial charge on any atom is -0.508 e. The summed E-state index contributed by atoms with van der Waals surface area (Å²) in [6.45, 7) is 4.10. The van der Waals surface area contributed by atoms with E-state index < -0.39 is 0 Å². The number of hydrogen-bond acceptors (Lipinski definition) is 2. The molecule has 0 fully saturated rings. The van der Waals surface area contributed by atoms with Gasteiger partial charge < -0.3 is 10.4 Å². The molecule has 0 heterocycles. The highest BCUT2D eigenvalue weighted by Gasteiger charge is 2.08. The van der Waals surface area contributed by atoms with Crippen LogP contribution in [0.1, 0.15) is 24.1 Å². The van der Waals surface area contributed by atoms with Crippen LogP contribution in [0.25, 0.3) is 0 Å². The molecule has 0 radical (unpaired) electrons. The quantitative estimate of drug-likeness (QED) is 0.834. The lowest BCUT2D eigenvalue weighted by molar-refractivity contribution is 0.465. The van der Waals surface area contributed by atoms with Crippen LogP contribution in [0, 0.1) is 6.92 Å². The van der Waals surface area contributed by atoms with Crippen LogP contribution in [0.15, 0.2) is 48.5 Å². The van der Waals surface area contributed by atoms with Crippen molar-refractivity contribution in [1.82, 2.24) is 0 Å². The van der Waals surface area contributed by atoms with Crippen molar-refractivity contribution in [2.45, 2.75) is 19.9 Å². The number of aryl methyl sites for hydroxylation is 1. The van der Waals surface area contributed by atoms with Crippen LogP contribution in [0.4, 0.5) is 5.69 Å². The van der Waals surface area contributed by atoms with Crippen molar-refractivity contribution in [3.8, 4) is 5.75 Å². The maximum absolute atomic E-state index is 9.77. The average Bonchev–Trinajstić information content (AvgIpc) is 2.29. The standard InChI is InChI=1S/C15H17NO/c1-11-6-5-7-13(10-11)16-12(2)14-8-3-4-9-15(14)17/h3-10,12,16-17H,1-2H3. The van der Waals surface area contributed by atoms with Crippen molar-refractivity contribution < 1.29 is 5.11 Å². The highest BCUT2D eigenvalue weighted by atomic mass is 16.3. The second-order valence-electron chi connectivity index (χ2n) is 4.29. The molecule has 1 atom stereocenters. The van der Waals surface area contributed by atoms with E-state index in [1.807, 2.05) is 37.3 Å². The van der Waals surface area contributed by atoms with Crippen molar-refractivity contribution in [3.05, 3.63) is 59.7 Å². The summed E-state index contributed by atoms with van der Waals surface area (Å²) in [5.74, 6) is 0.333. The summed E-state index contributed by atoms with van der Waals surface area (Å²) in [7, 11) is 0. The first-order valence-electron chi connectivity index (χ1n) is 5.78. The van der Waals surface area contributed by atoms with Crippen LogP contribution in [0.3, 0.4) is 0 Å². The van der Waals surface area contributed by atoms with Gasteiger partial charge in [-0.1, -0.05) is 30.3 Å². The number of phenolic OH excluding ortho intramolecular Hbond substituents is 1. The van der Waals surface area contributed by atoms with Gasteiger partial charge in [-0.05, 0) is 37.6 Å². The van der Waals surface area contributed by atoms with Gasteiger partial charge in [-0.2, -0.15) is 0 Å². The number of phenols is 1. The first-order valence-corrected chi connectivity index (χ1v) is 5.78. The van der Waals surface area contributed by atoms with E-state index >= 15 is 0 Å². The molecule has 2 N–H and O–H groups in total. The van der Waals surface area contributed by atoms with Crippen molar-refractivity contribution in [3.63, 3.8) is 0 Å². The Labute approximate surface area is 102 Å². The molecule has 0 bridgehead atoms. The minimum absolute atomic E-state index is 0.0815. The molecule has 0 saturated carbocycles. The second kappa shape index (κ2) is 4.91. The third-order valence-corrected chi connectivity index (χ3v) is 2.80. The molecule has 0 spiro atoms. The Morgan fingerprint density at radius 2 is 1.82 bits per heavy atom. The molecule has 88 valence electrons. The third kappa shape index (κ3) is 2.78. The van der Waals surface area contributed by atoms with Crippen LogP contribution in [0.5, 0.6) is 5.75 Å². The molecule has 2 aromatic carbocycles. The first-order chi connectivity index (χ1) is 8.16. The average molecular weight is 227 g/mol. The number of nitrogens with one attached hydrogen (secondary N) is 1. The fourth-order valence-corrected chi connectivity index (χ4v) is 1.92. The second-order valence-corrected chi connectivity index (χ2v) is 4.29. The van der Waals surface area contributed by atoms with Crippen LogP contribution in [-0.2, 0) is 0 Å². The largest absolute Gasteiger partial charge is 0.508 e. The molecular weight excluding hydrogens is 210 g/mol. The van der Waals surface area contributed by atoms with E-state index in [9.17, 15) is 5.11 Å². The summed E-state index contributed by atoms with van der Waals surface area (Å²) in [5, 5.41) is 13.2. The van der Waals surface area contributed by atoms with Crippen molar-refractivity contribution in [2.75, 3.05) is 5.32 Å². The third-order valence-electron chi connectivity index (χ3n) is 2.80. The van der Waals surface area contributed by atoms with Crippen molar-refractivity contribution in [1.29, 1.82) is 0 Å². The first kappa shape index (κ1) is 11.5. The normalized spacial score (nSPS) is 12.1. The lowest BCUT2D eigenvalue weighted by atomic mass is 10.1. The van der Waals surface area contributed by atoms with Crippen LogP contribution in [-0.4, -0.2) is 5.11 Å². The summed E-state index contributed by atoms with van der Waals surface area (Å²) in [5.41, 5.74) is 3.20. The van der Waals surface area contributed by atoms with E-state index in [2.05, 4.69) is 24.4 Å². The van der Waals surface area contributed by atoms with Gasteiger partial charge in [0.15, 0.2) is 0 Å². The molecule has 0 aromatic heterocycles. The van der Waals surface area contributed by atoms with Gasteiger partial charge in [-0.15, -0.1) is 0 Å². The molecule has 2 nitrogen and oxygen atoms in total. The zero-order valence-corrected chi connectivity index (χ0v) is 10.1. The summed E-state index contributed by atoms with van der Waals surface area (Å²) in [4.78, 5) is 0. The van der Waals surface area contributed by atoms with E-state index in [-0.39, 0.29) is 6.04 Å². The summed E-state index contributed by atoms with van der Waals surface area (Å²) >= 11 is 0. The Hall–Kier alpha value is -1.96. The predicted octanol–water partition coefficient (Wildman–Crippen LogP) is 3.87. The molecule has 2 aromatic rings. The Bertz CT molecular complexity index is 508. The zero-order valence-electron chi connectivity index (χ0n) is 10.1. The number of benzene rings is 2. The fraction of sp³-hybridized carbons (Fsp3) is 0.200. The Morgan fingerprint density at radius 1 is 1.06 bits per heavy atom. The predicted molar refractivity (Wildman–Crippen MR) is 71.3 cm³/mol. The van der Waals surface area contributed by atoms with Crippen molar-refractivity contribution >= 4 is 5.69 Å². The lowest BCUT2D eigenvalue weighted by Gasteiger charge is -2.17. The Balaban J connectivity index is 2.17. The number of para-hydroxylation sites is 1. The van der Waals surface area contributed by atoms with Crippen molar-refractivity contribution in [2.24, 2.45) is 0 Å². The van der Waals surface area contributed by atoms with Crippen LogP contribution in [0.2, 0.25) is 0 Å². The van der Waals surface area contributed by atoms with Gasteiger partial charge >= 0.3 is 0 Å². The SMILES string of the molecule is Cc1cccc(NC(C)c2ccccc2O)c1. The van der Waals surface area contributed by atoms with E-state index in [4.69, 9.17) is 0 Å². The molecule has 0 aliphatic carbocycles. The molecule has 0 aliphatic rings. The van der Waals surface area contributed by atoms with Gasteiger partial charge in [0.25, 0.3) is 0 Å². The fourth-order valence-electron chi connectivity index (χ4n) is 1.92. The molecule has 0 saturated heterocycles. The van der Waals surface area contributed by atoms with E-state index in [1.165, 1.54) is 5.56 Å². The number of anilines is 1. The minimum atomic E-state index is 0.0815. The Morgan fingerprint density at radius 3 is 2.53 bits per heavy atom. The molecule has 0 aliphatic heterocycles. The van der Waals surface area contributed by atoms with Gasteiger partial charge in [0, 0.05) is 11.3 Å². The monoisotopic (exact) mass is 227 g/mol. The highest BCUT2D eigenvalue weighted by molar-refractivity contribution is 5.48. The lowest BCUT2D eigenvalue weighted by Crippen LogP contribution is -2.06. The number of aromatic hydroxyl groups is 1. The van der Waals surface area contributed by atoms with E-state index in [0.717, 1.165) is 11.3 Å². The molecule has 1 unspecified atom stereocenters. The summed E-state index contributed by atoms with van der Waals surface area (Å²) < 4.78 is 0. The maximum Gasteiger partial charge on any atom is 0.120 e. The summed E-state index contributed by atoms with van der Waals surface area (Å²) in [6.07, 6.45) is 0. The van der Waals surface area contributed by atoms with Gasteiger partial charge in [0.2, 0.25) is 0 Å². The van der Waals surface area contributed by atoms with Crippen LogP contribution < -0.4 is 5.32 Å². The van der Waals surface area contributed by atoms with Gasteiger partial charge in [-0.25, -0.2) is 0 Å². The summed E-state index contributed by atoms with van der Waals surface area (Å²) in [6, 6.07) is 15.7. The number of rotatable bonds is 3. The zero-order chi connectivity index (χ0) is 12.3. The Kier molecular flexibility index (Phi) is 3.33. The van der Waals surface area contributed by atoms with Gasteiger partial charge in [0.1, 0.15) is 5.75 Å². The smallest absolute Gasteiger partial charge is 0.120 e. The molecule has 17 heavy (non-hydrogen) atoms. The molecule has 0 amide bonds. The van der Waals surface area contributed by atoms with Gasteiger partial charge in [-0.3, -0.25) is 0 Å². The topological polar surface area (TPSA) is 32.3 Å². The van der Waals surface area contributed by atoms with E-state index in [1.54, 1.807) is 6.07 Å². The number of hydrogen-bond donors (Lipinski definition) is 2. The van der Waals surface area contributed by atoms with Gasteiger partial charge in [0.05, 0.1) is 6.04 Å². The molecule has 2 rings (SSSR count).